The van der Waals surface area contributed by atoms with E-state index in [1.165, 1.54) is 17.2 Å². The standard InChI is InChI=1S/C12H18N4O2.ClH/c1-7(2)18-10-6-15-9(11(13)14)5-8(10)12(17)16(3)4;/h5-7H,1-4H3,(H3,13,14);1H. The van der Waals surface area contributed by atoms with Crippen molar-refractivity contribution in [1.29, 1.82) is 5.41 Å². The van der Waals surface area contributed by atoms with E-state index in [0.29, 0.717) is 11.3 Å². The number of hydrogen-bond acceptors (Lipinski definition) is 4. The lowest BCUT2D eigenvalue weighted by atomic mass is 10.1. The maximum Gasteiger partial charge on any atom is 0.257 e. The van der Waals surface area contributed by atoms with Gasteiger partial charge in [0.15, 0.2) is 5.75 Å². The van der Waals surface area contributed by atoms with Gasteiger partial charge in [-0.2, -0.15) is 0 Å². The van der Waals surface area contributed by atoms with E-state index in [1.54, 1.807) is 14.1 Å². The number of nitrogens with two attached hydrogens (primary N) is 1. The van der Waals surface area contributed by atoms with E-state index in [0.717, 1.165) is 0 Å². The molecule has 1 heterocycles. The fourth-order valence-corrected chi connectivity index (χ4v) is 1.35. The Hall–Kier alpha value is -1.82. The Labute approximate surface area is 118 Å². The van der Waals surface area contributed by atoms with Crippen LogP contribution in [0.25, 0.3) is 0 Å². The first-order valence-corrected chi connectivity index (χ1v) is 5.55. The number of rotatable bonds is 4. The van der Waals surface area contributed by atoms with Crippen LogP contribution in [0.2, 0.25) is 0 Å². The predicted molar refractivity (Wildman–Crippen MR) is 76.3 cm³/mol. The number of nitrogens with zero attached hydrogens (tertiary/aromatic N) is 2. The Balaban J connectivity index is 0.00000324. The monoisotopic (exact) mass is 286 g/mol. The number of aromatic nitrogens is 1. The van der Waals surface area contributed by atoms with Gasteiger partial charge >= 0.3 is 0 Å². The second-order valence-electron chi connectivity index (χ2n) is 4.35. The molecule has 0 atom stereocenters. The Morgan fingerprint density at radius 1 is 1.47 bits per heavy atom. The van der Waals surface area contributed by atoms with E-state index >= 15 is 0 Å². The van der Waals surface area contributed by atoms with Gasteiger partial charge < -0.3 is 15.4 Å². The number of amides is 1. The third kappa shape index (κ3) is 4.40. The molecule has 0 bridgehead atoms. The third-order valence-electron chi connectivity index (χ3n) is 2.14. The highest BCUT2D eigenvalue weighted by atomic mass is 35.5. The summed E-state index contributed by atoms with van der Waals surface area (Å²) >= 11 is 0. The maximum absolute atomic E-state index is 12.0. The lowest BCUT2D eigenvalue weighted by molar-refractivity contribution is 0.0821. The first-order valence-electron chi connectivity index (χ1n) is 5.55. The molecule has 1 rings (SSSR count). The first-order chi connectivity index (χ1) is 8.32. The Kier molecular flexibility index (Phi) is 6.27. The third-order valence-corrected chi connectivity index (χ3v) is 2.14. The molecule has 0 aliphatic heterocycles. The van der Waals surface area contributed by atoms with Gasteiger partial charge in [-0.1, -0.05) is 0 Å². The zero-order chi connectivity index (χ0) is 13.9. The van der Waals surface area contributed by atoms with Crippen LogP contribution in [0.1, 0.15) is 29.9 Å². The van der Waals surface area contributed by atoms with Crippen molar-refractivity contribution in [1.82, 2.24) is 9.88 Å². The van der Waals surface area contributed by atoms with Gasteiger partial charge in [0.05, 0.1) is 17.9 Å². The molecule has 0 aromatic carbocycles. The largest absolute Gasteiger partial charge is 0.489 e. The molecule has 19 heavy (non-hydrogen) atoms. The van der Waals surface area contributed by atoms with Crippen LogP contribution >= 0.6 is 12.4 Å². The Morgan fingerprint density at radius 3 is 2.47 bits per heavy atom. The van der Waals surface area contributed by atoms with Gasteiger partial charge in [0, 0.05) is 14.1 Å². The summed E-state index contributed by atoms with van der Waals surface area (Å²) in [5.74, 6) is 0.00292. The molecule has 0 saturated carbocycles. The number of hydrogen-bond donors (Lipinski definition) is 2. The van der Waals surface area contributed by atoms with Crippen LogP contribution in [0, 0.1) is 5.41 Å². The number of pyridine rings is 1. The number of ether oxygens (including phenoxy) is 1. The van der Waals surface area contributed by atoms with Crippen molar-refractivity contribution in [3.8, 4) is 5.75 Å². The second-order valence-corrected chi connectivity index (χ2v) is 4.35. The van der Waals surface area contributed by atoms with Crippen molar-refractivity contribution in [3.05, 3.63) is 23.5 Å². The van der Waals surface area contributed by atoms with Gasteiger partial charge in [0.2, 0.25) is 0 Å². The smallest absolute Gasteiger partial charge is 0.257 e. The number of amidine groups is 1. The van der Waals surface area contributed by atoms with Crippen LogP contribution in [-0.2, 0) is 0 Å². The van der Waals surface area contributed by atoms with Crippen molar-refractivity contribution in [3.63, 3.8) is 0 Å². The molecule has 7 heteroatoms. The number of nitrogens with one attached hydrogen (secondary N) is 1. The first kappa shape index (κ1) is 17.2. The van der Waals surface area contributed by atoms with Gasteiger partial charge in [-0.3, -0.25) is 10.2 Å². The van der Waals surface area contributed by atoms with Gasteiger partial charge in [-0.05, 0) is 19.9 Å². The Morgan fingerprint density at radius 2 is 2.05 bits per heavy atom. The average molecular weight is 287 g/mol. The molecule has 0 fully saturated rings. The van der Waals surface area contributed by atoms with Gasteiger partial charge in [-0.15, -0.1) is 12.4 Å². The minimum atomic E-state index is -0.212. The molecule has 0 aliphatic rings. The molecule has 1 aromatic heterocycles. The normalized spacial score (nSPS) is 9.74. The lowest BCUT2D eigenvalue weighted by Crippen LogP contribution is -2.24. The maximum atomic E-state index is 12.0. The zero-order valence-corrected chi connectivity index (χ0v) is 12.2. The predicted octanol–water partition coefficient (Wildman–Crippen LogP) is 1.28. The van der Waals surface area contributed by atoms with E-state index in [1.807, 2.05) is 13.8 Å². The average Bonchev–Trinajstić information content (AvgIpc) is 2.27. The number of carbonyl (C=O) groups excluding carboxylic acids is 1. The Bertz CT molecular complexity index is 475. The van der Waals surface area contributed by atoms with Crippen molar-refractivity contribution in [2.24, 2.45) is 5.73 Å². The van der Waals surface area contributed by atoms with E-state index in [-0.39, 0.29) is 35.9 Å². The van der Waals surface area contributed by atoms with Crippen molar-refractivity contribution in [2.75, 3.05) is 14.1 Å². The van der Waals surface area contributed by atoms with Crippen molar-refractivity contribution < 1.29 is 9.53 Å². The summed E-state index contributed by atoms with van der Waals surface area (Å²) in [5.41, 5.74) is 5.98. The van der Waals surface area contributed by atoms with Gasteiger partial charge in [0.25, 0.3) is 5.91 Å². The van der Waals surface area contributed by atoms with Crippen molar-refractivity contribution in [2.45, 2.75) is 20.0 Å². The summed E-state index contributed by atoms with van der Waals surface area (Å²) in [7, 11) is 3.30. The van der Waals surface area contributed by atoms with E-state index in [4.69, 9.17) is 15.9 Å². The number of nitrogen functional groups attached to an aromatic ring is 1. The van der Waals surface area contributed by atoms with E-state index in [9.17, 15) is 4.79 Å². The highest BCUT2D eigenvalue weighted by Crippen LogP contribution is 2.20. The molecule has 0 spiro atoms. The fourth-order valence-electron chi connectivity index (χ4n) is 1.35. The van der Waals surface area contributed by atoms with Crippen LogP contribution < -0.4 is 10.5 Å². The SMILES string of the molecule is CC(C)Oc1cnc(C(=N)N)cc1C(=O)N(C)C.Cl. The molecule has 1 aromatic rings. The molecule has 0 saturated heterocycles. The molecular weight excluding hydrogens is 268 g/mol. The van der Waals surface area contributed by atoms with Crippen LogP contribution in [0.4, 0.5) is 0 Å². The zero-order valence-electron chi connectivity index (χ0n) is 11.4. The summed E-state index contributed by atoms with van der Waals surface area (Å²) in [6.45, 7) is 3.73. The number of halogens is 1. The summed E-state index contributed by atoms with van der Waals surface area (Å²) in [5, 5.41) is 7.34. The molecule has 0 radical (unpaired) electrons. The fraction of sp³-hybridized carbons (Fsp3) is 0.417. The summed E-state index contributed by atoms with van der Waals surface area (Å²) in [6.07, 6.45) is 1.36. The lowest BCUT2D eigenvalue weighted by Gasteiger charge is -2.17. The molecule has 106 valence electrons. The van der Waals surface area contributed by atoms with Crippen LogP contribution in [0.15, 0.2) is 12.3 Å². The minimum Gasteiger partial charge on any atom is -0.489 e. The summed E-state index contributed by atoms with van der Waals surface area (Å²) < 4.78 is 5.53. The van der Waals surface area contributed by atoms with Crippen LogP contribution in [0.3, 0.4) is 0 Å². The highest BCUT2D eigenvalue weighted by Gasteiger charge is 2.17. The summed E-state index contributed by atoms with van der Waals surface area (Å²) in [4.78, 5) is 17.5. The minimum absolute atomic E-state index is 0. The quantitative estimate of drug-likeness (QED) is 0.644. The highest BCUT2D eigenvalue weighted by molar-refractivity contribution is 6.00. The number of carbonyl (C=O) groups is 1. The van der Waals surface area contributed by atoms with Crippen LogP contribution in [0.5, 0.6) is 5.75 Å². The summed E-state index contributed by atoms with van der Waals surface area (Å²) in [6, 6.07) is 1.47. The molecule has 1 amide bonds. The van der Waals surface area contributed by atoms with Gasteiger partial charge in [0.1, 0.15) is 11.5 Å². The molecule has 3 N–H and O–H groups in total. The molecule has 0 unspecified atom stereocenters. The second kappa shape index (κ2) is 6.94. The van der Waals surface area contributed by atoms with Crippen LogP contribution in [-0.4, -0.2) is 41.8 Å². The molecule has 0 aliphatic carbocycles. The van der Waals surface area contributed by atoms with Gasteiger partial charge in [-0.25, -0.2) is 4.98 Å². The van der Waals surface area contributed by atoms with Crippen molar-refractivity contribution >= 4 is 24.1 Å². The van der Waals surface area contributed by atoms with E-state index in [2.05, 4.69) is 4.98 Å². The topological polar surface area (TPSA) is 92.3 Å². The van der Waals surface area contributed by atoms with E-state index < -0.39 is 0 Å². The molecular formula is C12H19ClN4O2. The molecule has 6 nitrogen and oxygen atoms in total.